The van der Waals surface area contributed by atoms with E-state index in [0.717, 1.165) is 5.56 Å². The second-order valence-electron chi connectivity index (χ2n) is 4.42. The van der Waals surface area contributed by atoms with Crippen LogP contribution in [0.1, 0.15) is 5.56 Å². The van der Waals surface area contributed by atoms with Gasteiger partial charge in [0, 0.05) is 6.54 Å². The molecule has 0 spiro atoms. The van der Waals surface area contributed by atoms with E-state index in [1.54, 1.807) is 36.4 Å². The van der Waals surface area contributed by atoms with Crippen LogP contribution >= 0.6 is 11.6 Å². The molecular weight excluding hydrogens is 310 g/mol. The minimum Gasteiger partial charge on any atom is -0.491 e. The average Bonchev–Trinajstić information content (AvgIpc) is 2.46. The van der Waals surface area contributed by atoms with Crippen molar-refractivity contribution < 1.29 is 13.2 Å². The minimum absolute atomic E-state index is 0.0417. The Morgan fingerprint density at radius 2 is 1.67 bits per heavy atom. The Balaban J connectivity index is 1.79. The van der Waals surface area contributed by atoms with Gasteiger partial charge in [-0.2, -0.15) is 0 Å². The molecule has 0 heterocycles. The third kappa shape index (κ3) is 5.38. The zero-order valence-corrected chi connectivity index (χ0v) is 12.9. The maximum absolute atomic E-state index is 11.9. The van der Waals surface area contributed by atoms with E-state index < -0.39 is 10.0 Å². The Kier molecular flexibility index (Phi) is 5.61. The summed E-state index contributed by atoms with van der Waals surface area (Å²) in [5, 5.41) is 0.504. The molecule has 0 saturated heterocycles. The van der Waals surface area contributed by atoms with E-state index in [0.29, 0.717) is 10.8 Å². The Bertz CT molecular complexity index is 674. The SMILES string of the molecule is O=S(=O)(Cc1ccccc1)NCCOc1ccccc1Cl. The van der Waals surface area contributed by atoms with Crippen molar-refractivity contribution in [3.8, 4) is 5.75 Å². The summed E-state index contributed by atoms with van der Waals surface area (Å²) in [7, 11) is -3.36. The fourth-order valence-electron chi connectivity index (χ4n) is 1.76. The normalized spacial score (nSPS) is 11.3. The summed E-state index contributed by atoms with van der Waals surface area (Å²) < 4.78 is 31.7. The summed E-state index contributed by atoms with van der Waals surface area (Å²) in [6.45, 7) is 0.415. The van der Waals surface area contributed by atoms with Crippen LogP contribution in [0, 0.1) is 0 Å². The molecule has 2 aromatic rings. The molecule has 4 nitrogen and oxygen atoms in total. The van der Waals surface area contributed by atoms with Crippen molar-refractivity contribution in [1.29, 1.82) is 0 Å². The highest BCUT2D eigenvalue weighted by Gasteiger charge is 2.10. The van der Waals surface area contributed by atoms with Gasteiger partial charge in [-0.05, 0) is 17.7 Å². The van der Waals surface area contributed by atoms with Gasteiger partial charge in [0.15, 0.2) is 0 Å². The zero-order chi connectivity index (χ0) is 15.1. The summed E-state index contributed by atoms with van der Waals surface area (Å²) in [4.78, 5) is 0. The topological polar surface area (TPSA) is 55.4 Å². The molecule has 21 heavy (non-hydrogen) atoms. The van der Waals surface area contributed by atoms with Crippen LogP contribution < -0.4 is 9.46 Å². The van der Waals surface area contributed by atoms with Crippen molar-refractivity contribution in [2.75, 3.05) is 13.2 Å². The lowest BCUT2D eigenvalue weighted by atomic mass is 10.2. The van der Waals surface area contributed by atoms with Crippen LogP contribution in [0.15, 0.2) is 54.6 Å². The van der Waals surface area contributed by atoms with Gasteiger partial charge in [0.1, 0.15) is 12.4 Å². The van der Waals surface area contributed by atoms with Gasteiger partial charge in [-0.1, -0.05) is 54.1 Å². The van der Waals surface area contributed by atoms with Gasteiger partial charge < -0.3 is 4.74 Å². The van der Waals surface area contributed by atoms with Crippen LogP contribution in [0.4, 0.5) is 0 Å². The van der Waals surface area contributed by atoms with E-state index >= 15 is 0 Å². The molecule has 1 N–H and O–H groups in total. The Hall–Kier alpha value is -1.56. The number of sulfonamides is 1. The number of hydrogen-bond donors (Lipinski definition) is 1. The Morgan fingerprint density at radius 1 is 1.00 bits per heavy atom. The average molecular weight is 326 g/mol. The van der Waals surface area contributed by atoms with Crippen molar-refractivity contribution in [3.63, 3.8) is 0 Å². The van der Waals surface area contributed by atoms with Crippen molar-refractivity contribution in [3.05, 3.63) is 65.2 Å². The van der Waals surface area contributed by atoms with Crippen molar-refractivity contribution in [2.24, 2.45) is 0 Å². The maximum atomic E-state index is 11.9. The lowest BCUT2D eigenvalue weighted by Gasteiger charge is -2.09. The number of benzene rings is 2. The first-order chi connectivity index (χ1) is 10.1. The number of nitrogens with one attached hydrogen (secondary N) is 1. The molecular formula is C15H16ClNO3S. The third-order valence-corrected chi connectivity index (χ3v) is 4.39. The van der Waals surface area contributed by atoms with Gasteiger partial charge in [-0.3, -0.25) is 0 Å². The van der Waals surface area contributed by atoms with E-state index in [4.69, 9.17) is 16.3 Å². The van der Waals surface area contributed by atoms with Crippen LogP contribution in [0.5, 0.6) is 5.75 Å². The van der Waals surface area contributed by atoms with Crippen LogP contribution in [-0.4, -0.2) is 21.6 Å². The molecule has 2 rings (SSSR count). The number of hydrogen-bond acceptors (Lipinski definition) is 3. The van der Waals surface area contributed by atoms with E-state index in [9.17, 15) is 8.42 Å². The lowest BCUT2D eigenvalue weighted by Crippen LogP contribution is -2.29. The van der Waals surface area contributed by atoms with Gasteiger partial charge in [-0.15, -0.1) is 0 Å². The van der Waals surface area contributed by atoms with Gasteiger partial charge >= 0.3 is 0 Å². The molecule has 0 fully saturated rings. The molecule has 0 atom stereocenters. The number of para-hydroxylation sites is 1. The van der Waals surface area contributed by atoms with Crippen molar-refractivity contribution in [2.45, 2.75) is 5.75 Å². The molecule has 0 unspecified atom stereocenters. The van der Waals surface area contributed by atoms with Gasteiger partial charge in [0.2, 0.25) is 10.0 Å². The standard InChI is InChI=1S/C15H16ClNO3S/c16-14-8-4-5-9-15(14)20-11-10-17-21(18,19)12-13-6-2-1-3-7-13/h1-9,17H,10-12H2. The van der Waals surface area contributed by atoms with E-state index in [1.807, 2.05) is 18.2 Å². The number of ether oxygens (including phenoxy) is 1. The van der Waals surface area contributed by atoms with Crippen LogP contribution in [-0.2, 0) is 15.8 Å². The van der Waals surface area contributed by atoms with E-state index in [2.05, 4.69) is 4.72 Å². The molecule has 0 amide bonds. The first-order valence-corrected chi connectivity index (χ1v) is 8.48. The molecule has 0 aromatic heterocycles. The quantitative estimate of drug-likeness (QED) is 0.796. The predicted molar refractivity (Wildman–Crippen MR) is 84.0 cm³/mol. The second-order valence-corrected chi connectivity index (χ2v) is 6.63. The fourth-order valence-corrected chi connectivity index (χ4v) is 3.08. The summed E-state index contributed by atoms with van der Waals surface area (Å²) in [6.07, 6.45) is 0. The first kappa shape index (κ1) is 15.8. The molecule has 0 saturated carbocycles. The minimum atomic E-state index is -3.36. The fraction of sp³-hybridized carbons (Fsp3) is 0.200. The molecule has 112 valence electrons. The highest BCUT2D eigenvalue weighted by molar-refractivity contribution is 7.88. The van der Waals surface area contributed by atoms with Crippen LogP contribution in [0.2, 0.25) is 5.02 Å². The molecule has 0 aliphatic rings. The van der Waals surface area contributed by atoms with Gasteiger partial charge in [0.05, 0.1) is 10.8 Å². The molecule has 2 aromatic carbocycles. The monoisotopic (exact) mass is 325 g/mol. The van der Waals surface area contributed by atoms with Crippen LogP contribution in [0.25, 0.3) is 0 Å². The molecule has 0 bridgehead atoms. The first-order valence-electron chi connectivity index (χ1n) is 6.45. The number of halogens is 1. The highest BCUT2D eigenvalue weighted by atomic mass is 35.5. The Labute approximate surface area is 129 Å². The molecule has 0 radical (unpaired) electrons. The summed E-state index contributed by atoms with van der Waals surface area (Å²) in [5.74, 6) is 0.501. The van der Waals surface area contributed by atoms with Gasteiger partial charge in [-0.25, -0.2) is 13.1 Å². The second kappa shape index (κ2) is 7.45. The third-order valence-electron chi connectivity index (χ3n) is 2.72. The smallest absolute Gasteiger partial charge is 0.215 e. The lowest BCUT2D eigenvalue weighted by molar-refractivity contribution is 0.323. The van der Waals surface area contributed by atoms with Crippen molar-refractivity contribution >= 4 is 21.6 Å². The molecule has 0 aliphatic heterocycles. The van der Waals surface area contributed by atoms with Crippen LogP contribution in [0.3, 0.4) is 0 Å². The zero-order valence-electron chi connectivity index (χ0n) is 11.3. The predicted octanol–water partition coefficient (Wildman–Crippen LogP) is 2.84. The largest absolute Gasteiger partial charge is 0.491 e. The van der Waals surface area contributed by atoms with E-state index in [1.165, 1.54) is 0 Å². The summed E-state index contributed by atoms with van der Waals surface area (Å²) in [6, 6.07) is 16.1. The summed E-state index contributed by atoms with van der Waals surface area (Å²) in [5.41, 5.74) is 0.747. The Morgan fingerprint density at radius 3 is 2.38 bits per heavy atom. The number of rotatable bonds is 7. The van der Waals surface area contributed by atoms with Crippen molar-refractivity contribution in [1.82, 2.24) is 4.72 Å². The van der Waals surface area contributed by atoms with Gasteiger partial charge in [0.25, 0.3) is 0 Å². The highest BCUT2D eigenvalue weighted by Crippen LogP contribution is 2.22. The molecule has 6 heteroatoms. The molecule has 0 aliphatic carbocycles. The summed E-state index contributed by atoms with van der Waals surface area (Å²) >= 11 is 5.94. The maximum Gasteiger partial charge on any atom is 0.215 e. The van der Waals surface area contributed by atoms with E-state index in [-0.39, 0.29) is 18.9 Å².